The molecule has 7 aromatic carbocycles. The number of nitrogens with zero attached hydrogens (tertiary/aromatic N) is 4. The smallest absolute Gasteiger partial charge is 0.265 e. The van der Waals surface area contributed by atoms with E-state index < -0.39 is 0 Å². The molecule has 4 amide bonds. The van der Waals surface area contributed by atoms with E-state index in [9.17, 15) is 19.2 Å². The first kappa shape index (κ1) is 54.4. The van der Waals surface area contributed by atoms with E-state index in [2.05, 4.69) is 89.5 Å². The van der Waals surface area contributed by atoms with Crippen molar-refractivity contribution in [3.8, 4) is 23.7 Å². The predicted molar refractivity (Wildman–Crippen MR) is 343 cm³/mol. The number of amides is 4. The highest BCUT2D eigenvalue weighted by Crippen LogP contribution is 2.48. The van der Waals surface area contributed by atoms with Crippen LogP contribution in [-0.4, -0.2) is 57.0 Å². The summed E-state index contributed by atoms with van der Waals surface area (Å²) in [7, 11) is 0. The van der Waals surface area contributed by atoms with Crippen LogP contribution in [0.3, 0.4) is 0 Å². The second kappa shape index (κ2) is 21.8. The third-order valence-electron chi connectivity index (χ3n) is 16.9. The molecule has 2 saturated carbocycles. The molecule has 2 fully saturated rings. The van der Waals surface area contributed by atoms with Gasteiger partial charge in [-0.1, -0.05) is 162 Å². The summed E-state index contributed by atoms with van der Waals surface area (Å²) >= 11 is 6.56. The summed E-state index contributed by atoms with van der Waals surface area (Å²) in [5, 5.41) is 2.82. The topological polar surface area (TPSA) is 99.5 Å². The zero-order valence-electron chi connectivity index (χ0n) is 47.1. The Morgan fingerprint density at radius 3 is 1.16 bits per heavy atom. The van der Waals surface area contributed by atoms with Gasteiger partial charge in [-0.15, -0.1) is 0 Å². The first-order chi connectivity index (χ1) is 39.6. The van der Waals surface area contributed by atoms with Crippen molar-refractivity contribution in [2.24, 2.45) is 9.98 Å². The molecule has 13 rings (SSSR count). The fraction of sp³-hybridized carbons (Fsp3) is 0.314. The highest BCUT2D eigenvalue weighted by atomic mass is 32.2. The van der Waals surface area contributed by atoms with Gasteiger partial charge in [-0.3, -0.25) is 29.2 Å². The average molecular weight is 1150 g/mol. The Bertz CT molecular complexity index is 3780. The third-order valence-corrected chi connectivity index (χ3v) is 21.4. The van der Waals surface area contributed by atoms with Gasteiger partial charge in [-0.2, -0.15) is 0 Å². The molecule has 0 saturated heterocycles. The Labute approximate surface area is 497 Å². The van der Waals surface area contributed by atoms with Crippen LogP contribution in [0.5, 0.6) is 0 Å². The minimum Gasteiger partial charge on any atom is -0.271 e. The zero-order valence-corrected chi connectivity index (χ0v) is 50.4. The molecule has 6 aliphatic rings. The summed E-state index contributed by atoms with van der Waals surface area (Å²) in [4.78, 5) is 73.9. The second-order valence-electron chi connectivity index (χ2n) is 24.2. The molecule has 410 valence electrons. The molecule has 4 aliphatic heterocycles. The Morgan fingerprint density at radius 2 is 0.817 bits per heavy atom. The highest BCUT2D eigenvalue weighted by molar-refractivity contribution is 8.39. The monoisotopic (exact) mass is 1150 g/mol. The quantitative estimate of drug-likeness (QED) is 0.120. The summed E-state index contributed by atoms with van der Waals surface area (Å²) in [6.45, 7) is 14.7. The van der Waals surface area contributed by atoms with Crippen LogP contribution >= 0.6 is 47.0 Å². The van der Waals surface area contributed by atoms with Crippen LogP contribution in [-0.2, 0) is 10.8 Å². The van der Waals surface area contributed by atoms with Crippen molar-refractivity contribution < 1.29 is 19.2 Å². The van der Waals surface area contributed by atoms with E-state index in [0.717, 1.165) is 139 Å². The van der Waals surface area contributed by atoms with Gasteiger partial charge in [0, 0.05) is 87.3 Å². The summed E-state index contributed by atoms with van der Waals surface area (Å²) in [5.41, 5.74) is 10.7. The van der Waals surface area contributed by atoms with Crippen molar-refractivity contribution in [2.75, 3.05) is 34.4 Å². The van der Waals surface area contributed by atoms with Crippen LogP contribution in [0.4, 0.5) is 11.4 Å². The Balaban J connectivity index is 0.838. The fourth-order valence-electron chi connectivity index (χ4n) is 12.6. The van der Waals surface area contributed by atoms with Gasteiger partial charge in [0.25, 0.3) is 23.6 Å². The van der Waals surface area contributed by atoms with Gasteiger partial charge in [0.2, 0.25) is 0 Å². The third kappa shape index (κ3) is 10.0. The van der Waals surface area contributed by atoms with E-state index in [-0.39, 0.29) is 46.3 Å². The largest absolute Gasteiger partial charge is 0.271 e. The van der Waals surface area contributed by atoms with Gasteiger partial charge in [-0.25, -0.2) is 9.80 Å². The molecule has 82 heavy (non-hydrogen) atoms. The van der Waals surface area contributed by atoms with Crippen molar-refractivity contribution in [1.82, 2.24) is 0 Å². The standard InChI is InChI=1S/C70H62N4O4S4/c1-69(2,3)47-25-31-55(53(39-47)43-11-7-8-12-43)73-63(75)49-27-23-45(59-57(81-67-71-35-37-79-67)33-29-51(61(49)59)65(73)77)21-19-41-15-17-42(18-16-41)20-22-46-24-28-50-62-52(30-34-58(60(46)62)82-68-72-36-38-80-68)66(78)74(64(50)76)56-32-26-48(70(4,5)6)40-54(56)44-13-9-10-14-44/h15-18,23-34,39-40,43-44H,7-14,35-38H2,1-6H3. The Kier molecular flexibility index (Phi) is 14.4. The van der Waals surface area contributed by atoms with E-state index in [0.29, 0.717) is 44.4 Å². The number of hydrogen-bond donors (Lipinski definition) is 0. The number of carbonyl (C=O) groups excluding carboxylic acids is 4. The molecular weight excluding hydrogens is 1090 g/mol. The normalized spacial score (nSPS) is 17.4. The Hall–Kier alpha value is -6.80. The number of rotatable bonds is 6. The molecule has 0 unspecified atom stereocenters. The first-order valence-electron chi connectivity index (χ1n) is 28.7. The molecule has 2 aliphatic carbocycles. The molecule has 4 heterocycles. The van der Waals surface area contributed by atoms with E-state index in [4.69, 9.17) is 9.98 Å². The van der Waals surface area contributed by atoms with Crippen LogP contribution in [0.1, 0.15) is 191 Å². The zero-order chi connectivity index (χ0) is 56.6. The number of thioether (sulfide) groups is 4. The summed E-state index contributed by atoms with van der Waals surface area (Å²) in [5.74, 6) is 14.8. The van der Waals surface area contributed by atoms with Gasteiger partial charge < -0.3 is 0 Å². The van der Waals surface area contributed by atoms with Crippen molar-refractivity contribution in [3.63, 3.8) is 0 Å². The lowest BCUT2D eigenvalue weighted by Crippen LogP contribution is -2.41. The second-order valence-corrected chi connectivity index (χ2v) is 29.0. The molecular formula is C70H62N4O4S4. The van der Waals surface area contributed by atoms with Crippen LogP contribution in [0.2, 0.25) is 0 Å². The maximum Gasteiger partial charge on any atom is 0.265 e. The number of anilines is 2. The maximum absolute atomic E-state index is 14.9. The first-order valence-corrected chi connectivity index (χ1v) is 32.3. The van der Waals surface area contributed by atoms with Crippen molar-refractivity contribution in [1.29, 1.82) is 0 Å². The molecule has 7 aromatic rings. The number of carbonyl (C=O) groups is 4. The Morgan fingerprint density at radius 1 is 0.451 bits per heavy atom. The van der Waals surface area contributed by atoms with E-state index in [1.165, 1.54) is 20.9 Å². The highest BCUT2D eigenvalue weighted by Gasteiger charge is 2.40. The van der Waals surface area contributed by atoms with Crippen molar-refractivity contribution >= 4 is 112 Å². The molecule has 0 N–H and O–H groups in total. The lowest BCUT2D eigenvalue weighted by Gasteiger charge is -2.32. The number of hydrogen-bond acceptors (Lipinski definition) is 10. The van der Waals surface area contributed by atoms with Crippen LogP contribution in [0, 0.1) is 23.7 Å². The van der Waals surface area contributed by atoms with E-state index >= 15 is 0 Å². The van der Waals surface area contributed by atoms with Crippen molar-refractivity contribution in [2.45, 2.75) is 125 Å². The van der Waals surface area contributed by atoms with Gasteiger partial charge in [-0.05, 0) is 156 Å². The fourth-order valence-corrected chi connectivity index (χ4v) is 16.7. The van der Waals surface area contributed by atoms with Crippen molar-refractivity contribution in [3.05, 3.63) is 176 Å². The van der Waals surface area contributed by atoms with Gasteiger partial charge in [0.05, 0.1) is 24.5 Å². The van der Waals surface area contributed by atoms with Crippen LogP contribution in [0.15, 0.2) is 129 Å². The summed E-state index contributed by atoms with van der Waals surface area (Å²) in [6.07, 6.45) is 8.69. The molecule has 12 heteroatoms. The lowest BCUT2D eigenvalue weighted by molar-refractivity contribution is 0.0877. The van der Waals surface area contributed by atoms with Gasteiger partial charge >= 0.3 is 0 Å². The van der Waals surface area contributed by atoms with Crippen LogP contribution < -0.4 is 9.80 Å². The minimum atomic E-state index is -0.319. The predicted octanol–water partition coefficient (Wildman–Crippen LogP) is 16.7. The summed E-state index contributed by atoms with van der Waals surface area (Å²) < 4.78 is 1.91. The van der Waals surface area contributed by atoms with E-state index in [1.54, 1.807) is 47.0 Å². The molecule has 0 spiro atoms. The van der Waals surface area contributed by atoms with Gasteiger partial charge in [0.1, 0.15) is 8.75 Å². The number of aliphatic imine (C=N–C) groups is 2. The van der Waals surface area contributed by atoms with Crippen LogP contribution in [0.25, 0.3) is 21.5 Å². The SMILES string of the molecule is CC(C)(C)c1ccc(N2C(=O)c3ccc(C#Cc4ccc(C#Cc5ccc6c7c(ccc(SC8=NCCS8)c57)C(=O)N(c5ccc(C(C)(C)C)cc5C5CCCC5)C6=O)cc4)c4c(SC5=NCCS5)ccc(c34)C2=O)c(C2CCCC2)c1. The molecule has 0 radical (unpaired) electrons. The summed E-state index contributed by atoms with van der Waals surface area (Å²) in [6, 6.07) is 35.7. The van der Waals surface area contributed by atoms with E-state index in [1.807, 2.05) is 84.9 Å². The maximum atomic E-state index is 14.9. The van der Waals surface area contributed by atoms with Gasteiger partial charge in [0.15, 0.2) is 0 Å². The number of imide groups is 2. The molecule has 8 nitrogen and oxygen atoms in total. The molecule has 0 bridgehead atoms. The molecule has 0 atom stereocenters. The minimum absolute atomic E-state index is 0.0876. The number of benzene rings is 7. The lowest BCUT2D eigenvalue weighted by atomic mass is 9.83. The average Bonchev–Trinajstić information content (AvgIpc) is 2.52. The molecule has 0 aromatic heterocycles.